The zero-order chi connectivity index (χ0) is 12.1. The summed E-state index contributed by atoms with van der Waals surface area (Å²) in [6, 6.07) is 3.50. The number of nitriles is 1. The molecule has 0 saturated heterocycles. The zero-order valence-corrected chi connectivity index (χ0v) is 9.37. The highest BCUT2D eigenvalue weighted by atomic mass is 16.5. The summed E-state index contributed by atoms with van der Waals surface area (Å²) in [4.78, 5) is 8.06. The van der Waals surface area contributed by atoms with E-state index in [-0.39, 0.29) is 0 Å². The molecule has 86 valence electrons. The molecule has 0 radical (unpaired) electrons. The molecule has 0 saturated carbocycles. The summed E-state index contributed by atoms with van der Waals surface area (Å²) in [5.41, 5.74) is 0.307. The molecule has 0 aliphatic rings. The van der Waals surface area contributed by atoms with Crippen LogP contribution in [0.4, 0.5) is 0 Å². The largest absolute Gasteiger partial charge is 0.490 e. The molecule has 0 N–H and O–H groups in total. The molecule has 0 amide bonds. The van der Waals surface area contributed by atoms with Gasteiger partial charge >= 0.3 is 0 Å². The molecule has 0 fully saturated rings. The third kappa shape index (κ3) is 2.58. The van der Waals surface area contributed by atoms with E-state index in [1.54, 1.807) is 18.5 Å². The van der Waals surface area contributed by atoms with Crippen molar-refractivity contribution in [1.29, 1.82) is 5.26 Å². The quantitative estimate of drug-likeness (QED) is 0.790. The van der Waals surface area contributed by atoms with Crippen LogP contribution in [0.2, 0.25) is 0 Å². The summed E-state index contributed by atoms with van der Waals surface area (Å²) >= 11 is 0. The molecule has 0 aliphatic carbocycles. The molecular formula is C11H11N5O. The van der Waals surface area contributed by atoms with Crippen molar-refractivity contribution in [1.82, 2.24) is 19.7 Å². The fraction of sp³-hybridized carbons (Fsp3) is 0.273. The van der Waals surface area contributed by atoms with E-state index in [1.807, 2.05) is 13.0 Å². The predicted octanol–water partition coefficient (Wildman–Crippen LogP) is 1.32. The highest BCUT2D eigenvalue weighted by Gasteiger charge is 2.04. The zero-order valence-electron chi connectivity index (χ0n) is 9.37. The molecule has 2 heterocycles. The lowest BCUT2D eigenvalue weighted by molar-refractivity contribution is 0.317. The average molecular weight is 229 g/mol. The first-order chi connectivity index (χ1) is 8.33. The lowest BCUT2D eigenvalue weighted by Crippen LogP contribution is -2.02. The van der Waals surface area contributed by atoms with Crippen molar-refractivity contribution in [3.05, 3.63) is 30.4 Å². The molecule has 0 spiro atoms. The van der Waals surface area contributed by atoms with Crippen LogP contribution in [0.15, 0.2) is 24.7 Å². The van der Waals surface area contributed by atoms with Gasteiger partial charge < -0.3 is 4.74 Å². The molecule has 6 nitrogen and oxygen atoms in total. The van der Waals surface area contributed by atoms with E-state index in [1.165, 1.54) is 10.9 Å². The van der Waals surface area contributed by atoms with Crippen LogP contribution in [0.5, 0.6) is 5.75 Å². The van der Waals surface area contributed by atoms with Crippen LogP contribution in [0.3, 0.4) is 0 Å². The monoisotopic (exact) mass is 229 g/mol. The van der Waals surface area contributed by atoms with Crippen molar-refractivity contribution in [2.24, 2.45) is 0 Å². The molecule has 17 heavy (non-hydrogen) atoms. The van der Waals surface area contributed by atoms with Crippen LogP contribution in [0.25, 0.3) is 5.95 Å². The molecule has 0 unspecified atom stereocenters. The standard InChI is InChI=1S/C11H11N5O/c1-2-5-17-10-7-14-16(8-10)11-13-4-3-9(6-12)15-11/h3-4,7-8H,2,5H2,1H3. The van der Waals surface area contributed by atoms with Crippen molar-refractivity contribution in [2.45, 2.75) is 13.3 Å². The maximum Gasteiger partial charge on any atom is 0.251 e. The van der Waals surface area contributed by atoms with Gasteiger partial charge in [-0.15, -0.1) is 0 Å². The van der Waals surface area contributed by atoms with Gasteiger partial charge in [0.2, 0.25) is 0 Å². The summed E-state index contributed by atoms with van der Waals surface area (Å²) in [6.07, 6.45) is 5.74. The second kappa shape index (κ2) is 5.07. The Morgan fingerprint density at radius 1 is 1.53 bits per heavy atom. The lowest BCUT2D eigenvalue weighted by atomic mass is 10.4. The first kappa shape index (κ1) is 11.1. The minimum absolute atomic E-state index is 0.307. The number of ether oxygens (including phenoxy) is 1. The van der Waals surface area contributed by atoms with E-state index in [4.69, 9.17) is 10.00 Å². The number of nitrogens with zero attached hydrogens (tertiary/aromatic N) is 5. The van der Waals surface area contributed by atoms with E-state index in [0.29, 0.717) is 24.0 Å². The number of rotatable bonds is 4. The van der Waals surface area contributed by atoms with Gasteiger partial charge in [-0.05, 0) is 12.5 Å². The first-order valence-electron chi connectivity index (χ1n) is 5.24. The van der Waals surface area contributed by atoms with Crippen molar-refractivity contribution in [3.8, 4) is 17.8 Å². The second-order valence-electron chi connectivity index (χ2n) is 3.32. The SMILES string of the molecule is CCCOc1cnn(-c2nccc(C#N)n2)c1. The van der Waals surface area contributed by atoms with E-state index >= 15 is 0 Å². The summed E-state index contributed by atoms with van der Waals surface area (Å²) < 4.78 is 6.89. The Morgan fingerprint density at radius 2 is 2.41 bits per heavy atom. The normalized spacial score (nSPS) is 9.88. The van der Waals surface area contributed by atoms with Crippen molar-refractivity contribution >= 4 is 0 Å². The molecule has 2 aromatic heterocycles. The van der Waals surface area contributed by atoms with E-state index in [9.17, 15) is 0 Å². The Balaban J connectivity index is 2.21. The van der Waals surface area contributed by atoms with Gasteiger partial charge in [0, 0.05) is 6.20 Å². The molecule has 0 bridgehead atoms. The number of hydrogen-bond acceptors (Lipinski definition) is 5. The fourth-order valence-electron chi connectivity index (χ4n) is 1.23. The van der Waals surface area contributed by atoms with Crippen LogP contribution in [-0.4, -0.2) is 26.4 Å². The summed E-state index contributed by atoms with van der Waals surface area (Å²) in [5.74, 6) is 1.02. The Morgan fingerprint density at radius 3 is 3.18 bits per heavy atom. The van der Waals surface area contributed by atoms with Gasteiger partial charge in [0.05, 0.1) is 19.0 Å². The summed E-state index contributed by atoms with van der Waals surface area (Å²) in [7, 11) is 0. The summed E-state index contributed by atoms with van der Waals surface area (Å²) in [6.45, 7) is 2.68. The molecule has 0 aromatic carbocycles. The van der Waals surface area contributed by atoms with Crippen LogP contribution >= 0.6 is 0 Å². The van der Waals surface area contributed by atoms with Gasteiger partial charge in [-0.1, -0.05) is 6.92 Å². The fourth-order valence-corrected chi connectivity index (χ4v) is 1.23. The van der Waals surface area contributed by atoms with Crippen LogP contribution in [0, 0.1) is 11.3 Å². The first-order valence-corrected chi connectivity index (χ1v) is 5.24. The van der Waals surface area contributed by atoms with Gasteiger partial charge in [0.1, 0.15) is 11.8 Å². The molecular weight excluding hydrogens is 218 g/mol. The van der Waals surface area contributed by atoms with Gasteiger partial charge in [-0.25, -0.2) is 14.6 Å². The molecule has 0 aliphatic heterocycles. The maximum atomic E-state index is 8.74. The summed E-state index contributed by atoms with van der Waals surface area (Å²) in [5, 5.41) is 12.8. The smallest absolute Gasteiger partial charge is 0.251 e. The predicted molar refractivity (Wildman–Crippen MR) is 59.7 cm³/mol. The number of hydrogen-bond donors (Lipinski definition) is 0. The Hall–Kier alpha value is -2.42. The second-order valence-corrected chi connectivity index (χ2v) is 3.32. The van der Waals surface area contributed by atoms with Gasteiger partial charge in [-0.3, -0.25) is 0 Å². The topological polar surface area (TPSA) is 76.6 Å². The van der Waals surface area contributed by atoms with E-state index < -0.39 is 0 Å². The Bertz CT molecular complexity index is 543. The third-order valence-electron chi connectivity index (χ3n) is 1.99. The Kier molecular flexibility index (Phi) is 3.31. The van der Waals surface area contributed by atoms with E-state index in [2.05, 4.69) is 15.1 Å². The lowest BCUT2D eigenvalue weighted by Gasteiger charge is -1.99. The molecule has 6 heteroatoms. The maximum absolute atomic E-state index is 8.74. The van der Waals surface area contributed by atoms with Crippen LogP contribution in [0.1, 0.15) is 19.0 Å². The van der Waals surface area contributed by atoms with Gasteiger partial charge in [0.15, 0.2) is 5.75 Å². The Labute approximate surface area is 98.5 Å². The van der Waals surface area contributed by atoms with Crippen molar-refractivity contribution < 1.29 is 4.74 Å². The third-order valence-corrected chi connectivity index (χ3v) is 1.99. The molecule has 0 atom stereocenters. The molecule has 2 aromatic rings. The number of aromatic nitrogens is 4. The molecule has 2 rings (SSSR count). The minimum atomic E-state index is 0.307. The van der Waals surface area contributed by atoms with Gasteiger partial charge in [0.25, 0.3) is 5.95 Å². The van der Waals surface area contributed by atoms with E-state index in [0.717, 1.165) is 6.42 Å². The highest BCUT2D eigenvalue weighted by Crippen LogP contribution is 2.11. The average Bonchev–Trinajstić information content (AvgIpc) is 2.85. The minimum Gasteiger partial charge on any atom is -0.490 e. The highest BCUT2D eigenvalue weighted by molar-refractivity contribution is 5.24. The van der Waals surface area contributed by atoms with Crippen molar-refractivity contribution in [3.63, 3.8) is 0 Å². The van der Waals surface area contributed by atoms with Gasteiger partial charge in [-0.2, -0.15) is 10.4 Å². The van der Waals surface area contributed by atoms with Crippen LogP contribution in [-0.2, 0) is 0 Å². The van der Waals surface area contributed by atoms with Crippen LogP contribution < -0.4 is 4.74 Å². The van der Waals surface area contributed by atoms with Crippen molar-refractivity contribution in [2.75, 3.05) is 6.61 Å².